The minimum atomic E-state index is -0.217. The number of benzene rings is 3. The van der Waals surface area contributed by atoms with Crippen molar-refractivity contribution in [3.63, 3.8) is 0 Å². The fourth-order valence-electron chi connectivity index (χ4n) is 2.91. The first-order valence-electron chi connectivity index (χ1n) is 8.59. The molecule has 0 saturated carbocycles. The second-order valence-electron chi connectivity index (χ2n) is 6.57. The van der Waals surface area contributed by atoms with Crippen LogP contribution in [0.25, 0.3) is 10.8 Å². The van der Waals surface area contributed by atoms with Gasteiger partial charge in [-0.2, -0.15) is 0 Å². The Balaban J connectivity index is 1.67. The number of anilines is 1. The van der Waals surface area contributed by atoms with Crippen molar-refractivity contribution in [2.24, 2.45) is 0 Å². The normalized spacial score (nSPS) is 12.3. The zero-order chi connectivity index (χ0) is 17.8. The van der Waals surface area contributed by atoms with Gasteiger partial charge < -0.3 is 5.32 Å². The van der Waals surface area contributed by atoms with Gasteiger partial charge in [0.25, 0.3) is 0 Å². The fourth-order valence-corrected chi connectivity index (χ4v) is 2.91. The monoisotopic (exact) mass is 332 g/mol. The van der Waals surface area contributed by atoms with E-state index in [2.05, 4.69) is 41.4 Å². The molecule has 3 aromatic rings. The molecular formula is C22H24N2O. The number of rotatable bonds is 5. The molecule has 128 valence electrons. The van der Waals surface area contributed by atoms with Crippen LogP contribution in [0.5, 0.6) is 0 Å². The van der Waals surface area contributed by atoms with Crippen LogP contribution in [0.1, 0.15) is 18.1 Å². The molecule has 0 saturated heterocycles. The van der Waals surface area contributed by atoms with Crippen molar-refractivity contribution in [1.82, 2.24) is 4.90 Å². The lowest BCUT2D eigenvalue weighted by molar-refractivity contribution is -0.120. The zero-order valence-corrected chi connectivity index (χ0v) is 15.0. The molecule has 0 aliphatic heterocycles. The summed E-state index contributed by atoms with van der Waals surface area (Å²) < 4.78 is 0. The maximum atomic E-state index is 12.6. The highest BCUT2D eigenvalue weighted by atomic mass is 16.2. The number of likely N-dealkylation sites (N-methyl/N-ethyl adjacent to an activating group) is 1. The molecule has 0 fully saturated rings. The summed E-state index contributed by atoms with van der Waals surface area (Å²) in [5.41, 5.74) is 3.33. The van der Waals surface area contributed by atoms with Crippen LogP contribution in [-0.2, 0) is 11.3 Å². The number of carbonyl (C=O) groups is 1. The standard InChI is InChI=1S/C22H24N2O/c1-16-8-4-5-11-20(16)15-24(3)17(2)22(25)23-21-13-12-18-9-6-7-10-19(18)14-21/h4-14,17H,15H2,1-3H3,(H,23,25)/t17-/m0/s1. The first-order valence-corrected chi connectivity index (χ1v) is 8.59. The molecule has 1 atom stereocenters. The van der Waals surface area contributed by atoms with Gasteiger partial charge >= 0.3 is 0 Å². The Hall–Kier alpha value is -2.65. The summed E-state index contributed by atoms with van der Waals surface area (Å²) in [4.78, 5) is 14.7. The van der Waals surface area contributed by atoms with Gasteiger partial charge in [0, 0.05) is 12.2 Å². The van der Waals surface area contributed by atoms with Crippen LogP contribution >= 0.6 is 0 Å². The summed E-state index contributed by atoms with van der Waals surface area (Å²) in [7, 11) is 1.98. The Morgan fingerprint density at radius 1 is 1.00 bits per heavy atom. The highest BCUT2D eigenvalue weighted by Gasteiger charge is 2.18. The molecule has 0 aliphatic carbocycles. The molecule has 1 amide bonds. The summed E-state index contributed by atoms with van der Waals surface area (Å²) >= 11 is 0. The Bertz CT molecular complexity index is 888. The largest absolute Gasteiger partial charge is 0.325 e. The number of fused-ring (bicyclic) bond motifs is 1. The van der Waals surface area contributed by atoms with Gasteiger partial charge in [-0.25, -0.2) is 0 Å². The summed E-state index contributed by atoms with van der Waals surface area (Å²) in [5.74, 6) is 0.00589. The van der Waals surface area contributed by atoms with Crippen LogP contribution in [-0.4, -0.2) is 23.9 Å². The van der Waals surface area contributed by atoms with E-state index in [0.717, 1.165) is 17.6 Å². The summed E-state index contributed by atoms with van der Waals surface area (Å²) in [6, 6.07) is 22.2. The molecule has 0 spiro atoms. The van der Waals surface area contributed by atoms with Crippen LogP contribution in [0.2, 0.25) is 0 Å². The molecule has 25 heavy (non-hydrogen) atoms. The molecule has 0 aliphatic rings. The van der Waals surface area contributed by atoms with Crippen LogP contribution in [0, 0.1) is 6.92 Å². The lowest BCUT2D eigenvalue weighted by atomic mass is 10.1. The number of carbonyl (C=O) groups excluding carboxylic acids is 1. The van der Waals surface area contributed by atoms with E-state index in [1.165, 1.54) is 16.5 Å². The smallest absolute Gasteiger partial charge is 0.241 e. The predicted octanol–water partition coefficient (Wildman–Crippen LogP) is 4.61. The van der Waals surface area contributed by atoms with Gasteiger partial charge in [0.05, 0.1) is 6.04 Å². The fraction of sp³-hybridized carbons (Fsp3) is 0.227. The minimum Gasteiger partial charge on any atom is -0.325 e. The Morgan fingerprint density at radius 3 is 2.44 bits per heavy atom. The Morgan fingerprint density at radius 2 is 1.68 bits per heavy atom. The Kier molecular flexibility index (Phi) is 5.15. The molecule has 0 bridgehead atoms. The van der Waals surface area contributed by atoms with E-state index >= 15 is 0 Å². The molecule has 1 N–H and O–H groups in total. The van der Waals surface area contributed by atoms with Crippen LogP contribution in [0.3, 0.4) is 0 Å². The number of hydrogen-bond acceptors (Lipinski definition) is 2. The third-order valence-electron chi connectivity index (χ3n) is 4.74. The first kappa shape index (κ1) is 17.2. The van der Waals surface area contributed by atoms with E-state index in [0.29, 0.717) is 0 Å². The zero-order valence-electron chi connectivity index (χ0n) is 15.0. The van der Waals surface area contributed by atoms with Crippen LogP contribution in [0.15, 0.2) is 66.7 Å². The van der Waals surface area contributed by atoms with E-state index in [4.69, 9.17) is 0 Å². The van der Waals surface area contributed by atoms with Gasteiger partial charge in [0.2, 0.25) is 5.91 Å². The van der Waals surface area contributed by atoms with E-state index < -0.39 is 0 Å². The molecule has 3 nitrogen and oxygen atoms in total. The van der Waals surface area contributed by atoms with Crippen LogP contribution < -0.4 is 5.32 Å². The van der Waals surface area contributed by atoms with Gasteiger partial charge in [0.1, 0.15) is 0 Å². The maximum Gasteiger partial charge on any atom is 0.241 e. The van der Waals surface area contributed by atoms with Crippen molar-refractivity contribution in [2.75, 3.05) is 12.4 Å². The van der Waals surface area contributed by atoms with E-state index in [1.807, 2.05) is 56.4 Å². The average Bonchev–Trinajstić information content (AvgIpc) is 2.62. The third-order valence-corrected chi connectivity index (χ3v) is 4.74. The van der Waals surface area contributed by atoms with Crippen molar-refractivity contribution in [1.29, 1.82) is 0 Å². The van der Waals surface area contributed by atoms with Crippen molar-refractivity contribution in [2.45, 2.75) is 26.4 Å². The second-order valence-corrected chi connectivity index (χ2v) is 6.57. The lowest BCUT2D eigenvalue weighted by Gasteiger charge is -2.24. The number of nitrogens with one attached hydrogen (secondary N) is 1. The number of aryl methyl sites for hydroxylation is 1. The van der Waals surface area contributed by atoms with Gasteiger partial charge in [-0.3, -0.25) is 9.69 Å². The summed E-state index contributed by atoms with van der Waals surface area (Å²) in [5, 5.41) is 5.33. The van der Waals surface area contributed by atoms with E-state index in [-0.39, 0.29) is 11.9 Å². The number of amides is 1. The third kappa shape index (κ3) is 4.06. The van der Waals surface area contributed by atoms with Crippen LogP contribution in [0.4, 0.5) is 5.69 Å². The van der Waals surface area contributed by atoms with Crippen molar-refractivity contribution >= 4 is 22.4 Å². The molecule has 3 heteroatoms. The van der Waals surface area contributed by atoms with Gasteiger partial charge in [-0.05, 0) is 54.9 Å². The van der Waals surface area contributed by atoms with E-state index in [9.17, 15) is 4.79 Å². The molecule has 3 aromatic carbocycles. The maximum absolute atomic E-state index is 12.6. The number of hydrogen-bond donors (Lipinski definition) is 1. The average molecular weight is 332 g/mol. The minimum absolute atomic E-state index is 0.00589. The molecule has 0 radical (unpaired) electrons. The number of nitrogens with zero attached hydrogens (tertiary/aromatic N) is 1. The van der Waals surface area contributed by atoms with Gasteiger partial charge in [-0.1, -0.05) is 54.6 Å². The Labute approximate surface area is 149 Å². The molecule has 3 rings (SSSR count). The molecule has 0 unspecified atom stereocenters. The molecule has 0 aromatic heterocycles. The van der Waals surface area contributed by atoms with Gasteiger partial charge in [0.15, 0.2) is 0 Å². The van der Waals surface area contributed by atoms with E-state index in [1.54, 1.807) is 0 Å². The molecule has 0 heterocycles. The molecular weight excluding hydrogens is 308 g/mol. The quantitative estimate of drug-likeness (QED) is 0.740. The van der Waals surface area contributed by atoms with Gasteiger partial charge in [-0.15, -0.1) is 0 Å². The van der Waals surface area contributed by atoms with Crippen molar-refractivity contribution in [3.8, 4) is 0 Å². The first-order chi connectivity index (χ1) is 12.0. The second kappa shape index (κ2) is 7.49. The topological polar surface area (TPSA) is 32.3 Å². The predicted molar refractivity (Wildman–Crippen MR) is 105 cm³/mol. The van der Waals surface area contributed by atoms with Crippen molar-refractivity contribution in [3.05, 3.63) is 77.9 Å². The summed E-state index contributed by atoms with van der Waals surface area (Å²) in [6.07, 6.45) is 0. The highest BCUT2D eigenvalue weighted by Crippen LogP contribution is 2.19. The van der Waals surface area contributed by atoms with Crippen molar-refractivity contribution < 1.29 is 4.79 Å². The highest BCUT2D eigenvalue weighted by molar-refractivity contribution is 5.97. The summed E-state index contributed by atoms with van der Waals surface area (Å²) in [6.45, 7) is 4.79. The lowest BCUT2D eigenvalue weighted by Crippen LogP contribution is -2.39. The SMILES string of the molecule is Cc1ccccc1CN(C)[C@@H](C)C(=O)Nc1ccc2ccccc2c1.